The molecule has 1 saturated heterocycles. The van der Waals surface area contributed by atoms with Crippen molar-refractivity contribution in [2.24, 2.45) is 5.92 Å². The molecule has 1 saturated carbocycles. The zero-order chi connectivity index (χ0) is 19.2. The zero-order valence-electron chi connectivity index (χ0n) is 15.5. The number of ether oxygens (including phenoxy) is 1. The average molecular weight is 412 g/mol. The third kappa shape index (κ3) is 4.21. The molecule has 1 aliphatic heterocycles. The number of amides is 1. The number of hydrogen-bond acceptors (Lipinski definition) is 6. The maximum Gasteiger partial charge on any atom is 0.348 e. The molecule has 2 atom stereocenters. The van der Waals surface area contributed by atoms with E-state index in [1.165, 1.54) is 21.8 Å². The van der Waals surface area contributed by atoms with Gasteiger partial charge in [0.05, 0.1) is 11.5 Å². The van der Waals surface area contributed by atoms with Crippen LogP contribution in [-0.2, 0) is 32.2 Å². The number of carbonyl (C=O) groups is 2. The van der Waals surface area contributed by atoms with Crippen LogP contribution in [0.4, 0.5) is 0 Å². The van der Waals surface area contributed by atoms with Crippen molar-refractivity contribution in [3.8, 4) is 0 Å². The highest BCUT2D eigenvalue weighted by molar-refractivity contribution is 7.91. The Kier molecular flexibility index (Phi) is 5.05. The number of thiophene rings is 1. The van der Waals surface area contributed by atoms with Crippen LogP contribution in [0, 0.1) is 5.92 Å². The molecule has 0 N–H and O–H groups in total. The lowest BCUT2D eigenvalue weighted by Crippen LogP contribution is -2.44. The summed E-state index contributed by atoms with van der Waals surface area (Å²) in [7, 11) is -3.06. The Bertz CT molecular complexity index is 855. The predicted octanol–water partition coefficient (Wildman–Crippen LogP) is 2.21. The van der Waals surface area contributed by atoms with Gasteiger partial charge in [-0.2, -0.15) is 0 Å². The smallest absolute Gasteiger partial charge is 0.348 e. The van der Waals surface area contributed by atoms with Gasteiger partial charge < -0.3 is 9.64 Å². The van der Waals surface area contributed by atoms with Crippen LogP contribution in [0.5, 0.6) is 0 Å². The van der Waals surface area contributed by atoms with Crippen molar-refractivity contribution < 1.29 is 22.7 Å². The number of rotatable bonds is 5. The molecule has 0 bridgehead atoms. The molecular weight excluding hydrogens is 386 g/mol. The second-order valence-corrected chi connectivity index (χ2v) is 11.4. The lowest BCUT2D eigenvalue weighted by atomic mass is 9.90. The van der Waals surface area contributed by atoms with Crippen LogP contribution >= 0.6 is 11.3 Å². The molecule has 8 heteroatoms. The highest BCUT2D eigenvalue weighted by Crippen LogP contribution is 2.34. The van der Waals surface area contributed by atoms with Gasteiger partial charge in [0.25, 0.3) is 5.91 Å². The molecule has 0 spiro atoms. The fourth-order valence-corrected chi connectivity index (χ4v) is 6.95. The van der Waals surface area contributed by atoms with Crippen LogP contribution in [0.1, 0.15) is 52.7 Å². The van der Waals surface area contributed by atoms with E-state index in [9.17, 15) is 18.0 Å². The molecule has 1 amide bonds. The number of nitrogens with zero attached hydrogens (tertiary/aromatic N) is 1. The van der Waals surface area contributed by atoms with Crippen LogP contribution in [0.2, 0.25) is 0 Å². The molecular formula is C19H25NO5S2. The number of fused-ring (bicyclic) bond motifs is 1. The molecule has 0 radical (unpaired) electrons. The molecule has 3 aliphatic rings. The topological polar surface area (TPSA) is 80.8 Å². The first kappa shape index (κ1) is 18.9. The van der Waals surface area contributed by atoms with Gasteiger partial charge in [-0.1, -0.05) is 6.92 Å². The van der Waals surface area contributed by atoms with Crippen molar-refractivity contribution in [3.05, 3.63) is 21.4 Å². The van der Waals surface area contributed by atoms with Gasteiger partial charge in [-0.25, -0.2) is 13.2 Å². The van der Waals surface area contributed by atoms with Gasteiger partial charge in [0.15, 0.2) is 16.4 Å². The lowest BCUT2D eigenvalue weighted by Gasteiger charge is -2.28. The molecule has 148 valence electrons. The summed E-state index contributed by atoms with van der Waals surface area (Å²) in [5.74, 6) is 0.0620. The molecule has 0 aromatic carbocycles. The van der Waals surface area contributed by atoms with Gasteiger partial charge in [-0.3, -0.25) is 4.79 Å². The summed E-state index contributed by atoms with van der Waals surface area (Å²) in [6.07, 6.45) is 5.40. The van der Waals surface area contributed by atoms with Crippen LogP contribution in [0.15, 0.2) is 6.07 Å². The van der Waals surface area contributed by atoms with Gasteiger partial charge in [-0.15, -0.1) is 11.3 Å². The molecule has 2 aliphatic carbocycles. The van der Waals surface area contributed by atoms with E-state index in [4.69, 9.17) is 4.74 Å². The fraction of sp³-hybridized carbons (Fsp3) is 0.684. The van der Waals surface area contributed by atoms with E-state index in [1.807, 2.05) is 6.07 Å². The Morgan fingerprint density at radius 2 is 2.00 bits per heavy atom. The van der Waals surface area contributed by atoms with Crippen molar-refractivity contribution in [3.63, 3.8) is 0 Å². The summed E-state index contributed by atoms with van der Waals surface area (Å²) in [6, 6.07) is 1.74. The Morgan fingerprint density at radius 3 is 2.67 bits per heavy atom. The first-order valence-electron chi connectivity index (χ1n) is 9.62. The minimum Gasteiger partial charge on any atom is -0.451 e. The van der Waals surface area contributed by atoms with Crippen molar-refractivity contribution in [1.82, 2.24) is 4.90 Å². The third-order valence-corrected chi connectivity index (χ3v) is 8.65. The molecule has 0 unspecified atom stereocenters. The Hall–Kier alpha value is -1.41. The van der Waals surface area contributed by atoms with E-state index in [0.29, 0.717) is 17.2 Å². The van der Waals surface area contributed by atoms with E-state index in [-0.39, 0.29) is 36.1 Å². The number of hydrogen-bond donors (Lipinski definition) is 0. The maximum atomic E-state index is 12.7. The molecule has 2 heterocycles. The van der Waals surface area contributed by atoms with E-state index in [1.54, 1.807) is 4.90 Å². The fourth-order valence-electron chi connectivity index (χ4n) is 4.13. The second-order valence-electron chi connectivity index (χ2n) is 8.07. The Morgan fingerprint density at radius 1 is 1.22 bits per heavy atom. The number of carbonyl (C=O) groups excluding carboxylic acids is 2. The summed E-state index contributed by atoms with van der Waals surface area (Å²) >= 11 is 1.47. The first-order valence-corrected chi connectivity index (χ1v) is 12.3. The summed E-state index contributed by atoms with van der Waals surface area (Å²) in [6.45, 7) is 1.90. The Balaban J connectivity index is 1.37. The molecule has 2 fully saturated rings. The second kappa shape index (κ2) is 7.20. The molecule has 1 aromatic rings. The zero-order valence-corrected chi connectivity index (χ0v) is 17.1. The standard InChI is InChI=1S/C19H25NO5S2/c1-12-2-5-16-13(8-12)9-17(26-16)19(22)25-10-18(21)20(14-3-4-14)15-6-7-27(23,24)11-15/h9,12,14-15H,2-8,10-11H2,1H3/t12-,15-/m1/s1. The SMILES string of the molecule is C[C@@H]1CCc2sc(C(=O)OCC(=O)N(C3CC3)[C@@H]3CCS(=O)(=O)C3)cc2C1. The van der Waals surface area contributed by atoms with Crippen molar-refractivity contribution in [2.75, 3.05) is 18.1 Å². The molecule has 6 nitrogen and oxygen atoms in total. The first-order chi connectivity index (χ1) is 12.8. The molecule has 1 aromatic heterocycles. The van der Waals surface area contributed by atoms with Crippen molar-refractivity contribution in [1.29, 1.82) is 0 Å². The van der Waals surface area contributed by atoms with Gasteiger partial charge in [0.2, 0.25) is 0 Å². The van der Waals surface area contributed by atoms with Crippen LogP contribution in [0.25, 0.3) is 0 Å². The quantitative estimate of drug-likeness (QED) is 0.694. The minimum absolute atomic E-state index is 0.0268. The maximum absolute atomic E-state index is 12.7. The summed E-state index contributed by atoms with van der Waals surface area (Å²) in [4.78, 5) is 28.5. The minimum atomic E-state index is -3.06. The van der Waals surface area contributed by atoms with Crippen molar-refractivity contribution in [2.45, 2.75) is 57.5 Å². The van der Waals surface area contributed by atoms with Crippen LogP contribution < -0.4 is 0 Å². The predicted molar refractivity (Wildman–Crippen MR) is 103 cm³/mol. The largest absolute Gasteiger partial charge is 0.451 e. The van der Waals surface area contributed by atoms with E-state index >= 15 is 0 Å². The number of esters is 1. The Labute approximate surface area is 163 Å². The summed E-state index contributed by atoms with van der Waals surface area (Å²) in [5.41, 5.74) is 1.23. The third-order valence-electron chi connectivity index (χ3n) is 5.69. The van der Waals surface area contributed by atoms with E-state index in [2.05, 4.69) is 6.92 Å². The summed E-state index contributed by atoms with van der Waals surface area (Å²) < 4.78 is 28.8. The monoisotopic (exact) mass is 411 g/mol. The highest BCUT2D eigenvalue weighted by Gasteiger charge is 2.42. The summed E-state index contributed by atoms with van der Waals surface area (Å²) in [5, 5.41) is 0. The van der Waals surface area contributed by atoms with Crippen LogP contribution in [-0.4, -0.2) is 55.4 Å². The normalized spacial score (nSPS) is 26.4. The van der Waals surface area contributed by atoms with Gasteiger partial charge in [0, 0.05) is 17.0 Å². The average Bonchev–Trinajstić information content (AvgIpc) is 3.24. The van der Waals surface area contributed by atoms with Crippen LogP contribution in [0.3, 0.4) is 0 Å². The van der Waals surface area contributed by atoms with Gasteiger partial charge in [-0.05, 0) is 56.1 Å². The van der Waals surface area contributed by atoms with Gasteiger partial charge in [0.1, 0.15) is 4.88 Å². The van der Waals surface area contributed by atoms with E-state index in [0.717, 1.165) is 32.1 Å². The number of sulfone groups is 1. The highest BCUT2D eigenvalue weighted by atomic mass is 32.2. The number of aryl methyl sites for hydroxylation is 1. The van der Waals surface area contributed by atoms with Crippen molar-refractivity contribution >= 4 is 33.1 Å². The van der Waals surface area contributed by atoms with Gasteiger partial charge >= 0.3 is 5.97 Å². The van der Waals surface area contributed by atoms with E-state index < -0.39 is 15.8 Å². The molecule has 4 rings (SSSR count). The molecule has 27 heavy (non-hydrogen) atoms. The lowest BCUT2D eigenvalue weighted by molar-refractivity contribution is -0.137.